The van der Waals surface area contributed by atoms with E-state index in [1.165, 1.54) is 4.90 Å². The number of pyridine rings is 1. The smallest absolute Gasteiger partial charge is 0.338 e. The Kier molecular flexibility index (Phi) is 3.78. The Bertz CT molecular complexity index is 544. The summed E-state index contributed by atoms with van der Waals surface area (Å²) < 4.78 is 51.4. The van der Waals surface area contributed by atoms with Gasteiger partial charge in [0.25, 0.3) is 5.91 Å². The molecule has 108 valence electrons. The Morgan fingerprint density at radius 3 is 2.45 bits per heavy atom. The molecule has 7 heteroatoms. The number of aromatic nitrogens is 1. The summed E-state index contributed by atoms with van der Waals surface area (Å²) in [6, 6.07) is 0.969. The lowest BCUT2D eigenvalue weighted by Gasteiger charge is -2.28. The van der Waals surface area contributed by atoms with Crippen LogP contribution >= 0.6 is 0 Å². The molecule has 0 bridgehead atoms. The molecule has 1 aromatic rings. The third-order valence-corrected chi connectivity index (χ3v) is 3.15. The molecule has 0 saturated carbocycles. The van der Waals surface area contributed by atoms with Crippen molar-refractivity contribution in [3.8, 4) is 0 Å². The highest BCUT2D eigenvalue weighted by atomic mass is 19.4. The Morgan fingerprint density at radius 2 is 1.90 bits per heavy atom. The standard InChI is InChI=1S/C13H12F4N2O/c1-8-3-6-19(7-4-8)12(20)9-2-5-18-11(10(9)14)13(15,16)17/h2,5H,1,3-4,6-7H2. The molecule has 0 atom stereocenters. The number of hydrogen-bond acceptors (Lipinski definition) is 2. The van der Waals surface area contributed by atoms with Crippen molar-refractivity contribution in [1.82, 2.24) is 9.88 Å². The number of likely N-dealkylation sites (tertiary alicyclic amines) is 1. The fourth-order valence-electron chi connectivity index (χ4n) is 2.00. The molecule has 0 spiro atoms. The second kappa shape index (κ2) is 5.22. The third kappa shape index (κ3) is 2.81. The lowest BCUT2D eigenvalue weighted by molar-refractivity contribution is -0.143. The second-order valence-corrected chi connectivity index (χ2v) is 4.56. The first-order valence-electron chi connectivity index (χ1n) is 5.98. The first-order chi connectivity index (χ1) is 9.30. The minimum absolute atomic E-state index is 0.334. The monoisotopic (exact) mass is 288 g/mol. The predicted molar refractivity (Wildman–Crippen MR) is 63.5 cm³/mol. The van der Waals surface area contributed by atoms with Crippen LogP contribution < -0.4 is 0 Å². The summed E-state index contributed by atoms with van der Waals surface area (Å²) >= 11 is 0. The van der Waals surface area contributed by atoms with Crippen LogP contribution in [0.25, 0.3) is 0 Å². The van der Waals surface area contributed by atoms with Crippen LogP contribution in [0.15, 0.2) is 24.4 Å². The van der Waals surface area contributed by atoms with Crippen molar-refractivity contribution in [2.45, 2.75) is 19.0 Å². The summed E-state index contributed by atoms with van der Waals surface area (Å²) in [5.41, 5.74) is -1.29. The molecule has 3 nitrogen and oxygen atoms in total. The third-order valence-electron chi connectivity index (χ3n) is 3.15. The van der Waals surface area contributed by atoms with Crippen LogP contribution in [0.3, 0.4) is 0 Å². The molecular weight excluding hydrogens is 276 g/mol. The molecule has 2 heterocycles. The maximum atomic E-state index is 13.8. The number of halogens is 4. The SMILES string of the molecule is C=C1CCN(C(=O)c2ccnc(C(F)(F)F)c2F)CC1. The van der Waals surface area contributed by atoms with Crippen molar-refractivity contribution in [3.05, 3.63) is 41.5 Å². The average molecular weight is 288 g/mol. The van der Waals surface area contributed by atoms with E-state index in [0.717, 1.165) is 17.8 Å². The van der Waals surface area contributed by atoms with Crippen LogP contribution in [0.4, 0.5) is 17.6 Å². The molecule has 1 aromatic heterocycles. The Morgan fingerprint density at radius 1 is 1.30 bits per heavy atom. The molecule has 0 aliphatic carbocycles. The van der Waals surface area contributed by atoms with Gasteiger partial charge in [-0.1, -0.05) is 12.2 Å². The van der Waals surface area contributed by atoms with Crippen molar-refractivity contribution in [2.24, 2.45) is 0 Å². The zero-order valence-electron chi connectivity index (χ0n) is 10.5. The molecule has 1 amide bonds. The molecule has 0 radical (unpaired) electrons. The molecule has 1 fully saturated rings. The molecule has 1 aliphatic heterocycles. The zero-order valence-corrected chi connectivity index (χ0v) is 10.5. The van der Waals surface area contributed by atoms with E-state index >= 15 is 0 Å². The number of nitrogens with zero attached hydrogens (tertiary/aromatic N) is 2. The summed E-state index contributed by atoms with van der Waals surface area (Å²) in [7, 11) is 0. The predicted octanol–water partition coefficient (Wildman–Crippen LogP) is 3.03. The maximum Gasteiger partial charge on any atom is 0.436 e. The lowest BCUT2D eigenvalue weighted by Crippen LogP contribution is -2.37. The van der Waals surface area contributed by atoms with E-state index in [1.54, 1.807) is 0 Å². The van der Waals surface area contributed by atoms with Gasteiger partial charge in [-0.25, -0.2) is 9.37 Å². The number of carbonyl (C=O) groups is 1. The first-order valence-corrected chi connectivity index (χ1v) is 5.98. The van der Waals surface area contributed by atoms with Gasteiger partial charge < -0.3 is 4.90 Å². The summed E-state index contributed by atoms with van der Waals surface area (Å²) in [6.45, 7) is 4.44. The summed E-state index contributed by atoms with van der Waals surface area (Å²) in [4.78, 5) is 16.4. The Balaban J connectivity index is 2.29. The van der Waals surface area contributed by atoms with Crippen molar-refractivity contribution in [3.63, 3.8) is 0 Å². The first kappa shape index (κ1) is 14.5. The van der Waals surface area contributed by atoms with Crippen LogP contribution in [0.5, 0.6) is 0 Å². The fourth-order valence-corrected chi connectivity index (χ4v) is 2.00. The zero-order chi connectivity index (χ0) is 14.9. The second-order valence-electron chi connectivity index (χ2n) is 4.56. The fraction of sp³-hybridized carbons (Fsp3) is 0.385. The minimum atomic E-state index is -4.92. The Labute approximate surface area is 112 Å². The van der Waals surface area contributed by atoms with Gasteiger partial charge in [0.15, 0.2) is 11.5 Å². The van der Waals surface area contributed by atoms with E-state index in [9.17, 15) is 22.4 Å². The van der Waals surface area contributed by atoms with Crippen LogP contribution in [0.2, 0.25) is 0 Å². The molecule has 20 heavy (non-hydrogen) atoms. The Hall–Kier alpha value is -1.92. The normalized spacial score (nSPS) is 16.4. The van der Waals surface area contributed by atoms with Gasteiger partial charge in [-0.2, -0.15) is 13.2 Å². The van der Waals surface area contributed by atoms with Crippen molar-refractivity contribution in [2.75, 3.05) is 13.1 Å². The van der Waals surface area contributed by atoms with Crippen molar-refractivity contribution in [1.29, 1.82) is 0 Å². The highest BCUT2D eigenvalue weighted by Gasteiger charge is 2.38. The summed E-state index contributed by atoms with van der Waals surface area (Å²) in [6.07, 6.45) is -2.98. The number of alkyl halides is 3. The quantitative estimate of drug-likeness (QED) is 0.588. The minimum Gasteiger partial charge on any atom is -0.338 e. The molecule has 1 saturated heterocycles. The van der Waals surface area contributed by atoms with Crippen LogP contribution in [0.1, 0.15) is 28.9 Å². The number of rotatable bonds is 1. The van der Waals surface area contributed by atoms with Gasteiger partial charge in [0.05, 0.1) is 5.56 Å². The van der Waals surface area contributed by atoms with Gasteiger partial charge in [-0.15, -0.1) is 0 Å². The topological polar surface area (TPSA) is 33.2 Å². The molecule has 0 aromatic carbocycles. The van der Waals surface area contributed by atoms with E-state index in [2.05, 4.69) is 11.6 Å². The van der Waals surface area contributed by atoms with E-state index in [0.29, 0.717) is 25.9 Å². The molecule has 0 N–H and O–H groups in total. The molecule has 2 rings (SSSR count). The molecule has 0 unspecified atom stereocenters. The lowest BCUT2D eigenvalue weighted by atomic mass is 10.0. The van der Waals surface area contributed by atoms with Crippen LogP contribution in [-0.4, -0.2) is 28.9 Å². The maximum absolute atomic E-state index is 13.8. The van der Waals surface area contributed by atoms with E-state index < -0.39 is 29.2 Å². The van der Waals surface area contributed by atoms with Crippen molar-refractivity contribution < 1.29 is 22.4 Å². The van der Waals surface area contributed by atoms with E-state index in [-0.39, 0.29) is 0 Å². The van der Waals surface area contributed by atoms with Crippen molar-refractivity contribution >= 4 is 5.91 Å². The van der Waals surface area contributed by atoms with Gasteiger partial charge in [0.1, 0.15) is 0 Å². The van der Waals surface area contributed by atoms with Gasteiger partial charge in [0, 0.05) is 19.3 Å². The largest absolute Gasteiger partial charge is 0.436 e. The highest BCUT2D eigenvalue weighted by molar-refractivity contribution is 5.94. The van der Waals surface area contributed by atoms with E-state index in [4.69, 9.17) is 0 Å². The number of amides is 1. The van der Waals surface area contributed by atoms with Crippen LogP contribution in [-0.2, 0) is 6.18 Å². The van der Waals surface area contributed by atoms with Crippen LogP contribution in [0, 0.1) is 5.82 Å². The molecule has 1 aliphatic rings. The summed E-state index contributed by atoms with van der Waals surface area (Å²) in [5.74, 6) is -2.36. The highest BCUT2D eigenvalue weighted by Crippen LogP contribution is 2.31. The average Bonchev–Trinajstić information content (AvgIpc) is 2.37. The molecular formula is C13H12F4N2O. The van der Waals surface area contributed by atoms with Gasteiger partial charge in [0.2, 0.25) is 0 Å². The van der Waals surface area contributed by atoms with Gasteiger partial charge in [-0.05, 0) is 18.9 Å². The summed E-state index contributed by atoms with van der Waals surface area (Å²) in [5, 5.41) is 0. The van der Waals surface area contributed by atoms with Gasteiger partial charge in [-0.3, -0.25) is 4.79 Å². The number of hydrogen-bond donors (Lipinski definition) is 0. The number of carbonyl (C=O) groups excluding carboxylic acids is 1. The van der Waals surface area contributed by atoms with E-state index in [1.807, 2.05) is 0 Å². The van der Waals surface area contributed by atoms with Gasteiger partial charge >= 0.3 is 6.18 Å². The number of piperidine rings is 1.